The van der Waals surface area contributed by atoms with Crippen molar-refractivity contribution >= 4 is 5.97 Å². The summed E-state index contributed by atoms with van der Waals surface area (Å²) in [6.45, 7) is 1.90. The molecule has 0 spiro atoms. The largest absolute Gasteiger partial charge is 0.419 e. The van der Waals surface area contributed by atoms with Gasteiger partial charge in [0.15, 0.2) is 0 Å². The molecule has 1 unspecified atom stereocenters. The van der Waals surface area contributed by atoms with Gasteiger partial charge in [0.05, 0.1) is 6.04 Å². The second kappa shape index (κ2) is 5.85. The summed E-state index contributed by atoms with van der Waals surface area (Å²) in [5.41, 5.74) is 5.05. The van der Waals surface area contributed by atoms with Crippen LogP contribution in [0.15, 0.2) is 0 Å². The molecule has 6 heteroatoms. The van der Waals surface area contributed by atoms with Crippen molar-refractivity contribution in [1.29, 1.82) is 0 Å². The van der Waals surface area contributed by atoms with Crippen LogP contribution in [0.3, 0.4) is 0 Å². The van der Waals surface area contributed by atoms with Crippen molar-refractivity contribution in [3.8, 4) is 0 Å². The number of rotatable bonds is 6. The van der Waals surface area contributed by atoms with Crippen LogP contribution < -0.4 is 5.73 Å². The molecule has 0 fully saturated rings. The molecule has 0 aliphatic rings. The average molecular weight is 213 g/mol. The summed E-state index contributed by atoms with van der Waals surface area (Å²) >= 11 is 0. The van der Waals surface area contributed by atoms with E-state index in [-0.39, 0.29) is 6.42 Å². The Labute approximate surface area is 80.3 Å². The lowest BCUT2D eigenvalue weighted by Crippen LogP contribution is -2.47. The van der Waals surface area contributed by atoms with Gasteiger partial charge in [0, 0.05) is 4.53 Å². The van der Waals surface area contributed by atoms with E-state index in [1.54, 1.807) is 0 Å². The second-order valence-corrected chi connectivity index (χ2v) is 3.09. The zero-order chi connectivity index (χ0) is 11.2. The minimum atomic E-state index is -3.94. The second-order valence-electron chi connectivity index (χ2n) is 3.09. The third-order valence-corrected chi connectivity index (χ3v) is 1.93. The fourth-order valence-corrected chi connectivity index (χ4v) is 0.998. The zero-order valence-corrected chi connectivity index (χ0v) is 7.93. The summed E-state index contributed by atoms with van der Waals surface area (Å²) in [6, 6.07) is -1.68. The summed E-state index contributed by atoms with van der Waals surface area (Å²) in [6.07, 6.45) is 2.04. The predicted octanol–water partition coefficient (Wildman–Crippen LogP) is 1.96. The molecule has 0 radical (unpaired) electrons. The van der Waals surface area contributed by atoms with E-state index < -0.39 is 17.9 Å². The maximum atomic E-state index is 12.8. The smallest absolute Gasteiger partial charge is 0.322 e. The Bertz CT molecular complexity index is 187. The van der Waals surface area contributed by atoms with Crippen molar-refractivity contribution in [1.82, 2.24) is 0 Å². The fraction of sp³-hybridized carbons (Fsp3) is 0.875. The first-order valence-electron chi connectivity index (χ1n) is 4.43. The van der Waals surface area contributed by atoms with E-state index in [9.17, 15) is 18.1 Å². The first kappa shape index (κ1) is 13.2. The Balaban J connectivity index is 4.07. The van der Waals surface area contributed by atoms with Gasteiger partial charge in [0.25, 0.3) is 0 Å². The Morgan fingerprint density at radius 1 is 1.50 bits per heavy atom. The molecular formula is C8H14F3NO2. The van der Waals surface area contributed by atoms with Crippen LogP contribution in [0.4, 0.5) is 13.3 Å². The molecule has 0 amide bonds. The van der Waals surface area contributed by atoms with Crippen LogP contribution in [0.25, 0.3) is 0 Å². The molecule has 14 heavy (non-hydrogen) atoms. The van der Waals surface area contributed by atoms with Gasteiger partial charge >= 0.3 is 11.9 Å². The Hall–Kier alpha value is -0.780. The first-order chi connectivity index (χ1) is 6.46. The molecule has 0 saturated heterocycles. The van der Waals surface area contributed by atoms with Crippen LogP contribution in [0.1, 0.15) is 32.6 Å². The third-order valence-electron chi connectivity index (χ3n) is 1.93. The summed E-state index contributed by atoms with van der Waals surface area (Å²) in [7, 11) is 0. The van der Waals surface area contributed by atoms with Crippen molar-refractivity contribution in [3.63, 3.8) is 0 Å². The molecule has 0 saturated carbocycles. The molecule has 0 bridgehead atoms. The van der Waals surface area contributed by atoms with Gasteiger partial charge < -0.3 is 5.73 Å². The van der Waals surface area contributed by atoms with Crippen molar-refractivity contribution in [2.45, 2.75) is 44.6 Å². The molecule has 0 heterocycles. The molecule has 0 aromatic heterocycles. The van der Waals surface area contributed by atoms with Gasteiger partial charge in [-0.1, -0.05) is 26.2 Å². The normalized spacial score (nSPS) is 13.8. The van der Waals surface area contributed by atoms with Crippen LogP contribution in [0.2, 0.25) is 0 Å². The van der Waals surface area contributed by atoms with Crippen LogP contribution in [-0.2, 0) is 9.74 Å². The quantitative estimate of drug-likeness (QED) is 0.686. The van der Waals surface area contributed by atoms with Crippen molar-refractivity contribution in [2.75, 3.05) is 0 Å². The fourth-order valence-electron chi connectivity index (χ4n) is 0.998. The maximum Gasteiger partial charge on any atom is 0.419 e. The van der Waals surface area contributed by atoms with Crippen LogP contribution >= 0.6 is 0 Å². The van der Waals surface area contributed by atoms with Gasteiger partial charge in [-0.25, -0.2) is 9.74 Å². The zero-order valence-electron chi connectivity index (χ0n) is 7.93. The number of hydrogen-bond donors (Lipinski definition) is 1. The number of hydrogen-bond acceptors (Lipinski definition) is 3. The van der Waals surface area contributed by atoms with Gasteiger partial charge in [-0.2, -0.15) is 8.78 Å². The predicted molar refractivity (Wildman–Crippen MR) is 44.3 cm³/mol. The van der Waals surface area contributed by atoms with Gasteiger partial charge in [0.2, 0.25) is 0 Å². The minimum absolute atomic E-state index is 0.0318. The summed E-state index contributed by atoms with van der Waals surface area (Å²) < 4.78 is 36.8. The summed E-state index contributed by atoms with van der Waals surface area (Å²) in [5.74, 6) is -6.16. The molecule has 0 aromatic rings. The van der Waals surface area contributed by atoms with E-state index in [0.29, 0.717) is 6.42 Å². The van der Waals surface area contributed by atoms with Crippen molar-refractivity contribution < 1.29 is 23.0 Å². The van der Waals surface area contributed by atoms with E-state index in [4.69, 9.17) is 5.73 Å². The first-order valence-corrected chi connectivity index (χ1v) is 4.43. The summed E-state index contributed by atoms with van der Waals surface area (Å²) in [5, 5.41) is 0. The molecule has 0 aliphatic carbocycles. The number of unbranched alkanes of at least 4 members (excludes halogenated alkanes) is 2. The Morgan fingerprint density at radius 2 is 2.07 bits per heavy atom. The molecule has 0 rings (SSSR count). The molecule has 2 N–H and O–H groups in total. The number of nitrogens with two attached hydrogens (primary N) is 1. The van der Waals surface area contributed by atoms with Crippen molar-refractivity contribution in [2.24, 2.45) is 5.73 Å². The Morgan fingerprint density at radius 3 is 2.50 bits per heavy atom. The molecule has 0 aliphatic heterocycles. The van der Waals surface area contributed by atoms with E-state index in [0.717, 1.165) is 12.8 Å². The molecule has 3 nitrogen and oxygen atoms in total. The number of carbonyl (C=O) groups is 1. The minimum Gasteiger partial charge on any atom is -0.322 e. The highest BCUT2D eigenvalue weighted by Crippen LogP contribution is 2.23. The van der Waals surface area contributed by atoms with Gasteiger partial charge in [-0.3, -0.25) is 0 Å². The number of alkyl halides is 2. The van der Waals surface area contributed by atoms with Crippen LogP contribution in [-0.4, -0.2) is 17.9 Å². The highest BCUT2D eigenvalue weighted by Gasteiger charge is 2.47. The average Bonchev–Trinajstić information content (AvgIpc) is 2.16. The third kappa shape index (κ3) is 3.53. The topological polar surface area (TPSA) is 52.3 Å². The van der Waals surface area contributed by atoms with Gasteiger partial charge in [-0.05, 0) is 6.42 Å². The van der Waals surface area contributed by atoms with E-state index in [1.165, 1.54) is 0 Å². The SMILES string of the molecule is CCCCCC(N)C(F)(F)C(=O)OF. The molecule has 1 atom stereocenters. The molecular weight excluding hydrogens is 199 g/mol. The lowest BCUT2D eigenvalue weighted by molar-refractivity contribution is -0.214. The standard InChI is InChI=1S/C8H14F3NO2/c1-2-3-4-5-6(12)8(9,10)7(13)14-11/h6H,2-5,12H2,1H3. The van der Waals surface area contributed by atoms with E-state index in [1.807, 2.05) is 6.92 Å². The van der Waals surface area contributed by atoms with Crippen LogP contribution in [0, 0.1) is 0 Å². The lowest BCUT2D eigenvalue weighted by atomic mass is 10.0. The van der Waals surface area contributed by atoms with Crippen molar-refractivity contribution in [3.05, 3.63) is 0 Å². The maximum absolute atomic E-state index is 12.8. The molecule has 0 aromatic carbocycles. The summed E-state index contributed by atoms with van der Waals surface area (Å²) in [4.78, 5) is 12.8. The number of carbonyl (C=O) groups excluding carboxylic acids is 1. The van der Waals surface area contributed by atoms with Gasteiger partial charge in [0.1, 0.15) is 0 Å². The highest BCUT2D eigenvalue weighted by molar-refractivity contribution is 5.77. The van der Waals surface area contributed by atoms with Gasteiger partial charge in [-0.15, -0.1) is 0 Å². The highest BCUT2D eigenvalue weighted by atomic mass is 19.3. The van der Waals surface area contributed by atoms with E-state index in [2.05, 4.69) is 4.94 Å². The monoisotopic (exact) mass is 213 g/mol. The molecule has 84 valence electrons. The lowest BCUT2D eigenvalue weighted by Gasteiger charge is -2.19. The number of halogens is 3. The Kier molecular flexibility index (Phi) is 5.52. The van der Waals surface area contributed by atoms with Crippen LogP contribution in [0.5, 0.6) is 0 Å². The van der Waals surface area contributed by atoms with E-state index >= 15 is 0 Å².